The lowest BCUT2D eigenvalue weighted by atomic mass is 9.96. The highest BCUT2D eigenvalue weighted by Gasteiger charge is 2.41. The summed E-state index contributed by atoms with van der Waals surface area (Å²) in [6.45, 7) is 2.98. The molecule has 0 radical (unpaired) electrons. The van der Waals surface area contributed by atoms with Crippen LogP contribution in [0.3, 0.4) is 0 Å². The highest BCUT2D eigenvalue weighted by Crippen LogP contribution is 2.34. The zero-order valence-electron chi connectivity index (χ0n) is 16.3. The SMILES string of the molecule is [NH3+]C1CCCN(C(=O)C2CC2)C1COC1CCN(c2cccc(F)c2Cl)CC1. The molecule has 0 spiro atoms. The maximum atomic E-state index is 13.7. The van der Waals surface area contributed by atoms with Gasteiger partial charge in [0, 0.05) is 32.0 Å². The van der Waals surface area contributed by atoms with Crippen LogP contribution in [0.2, 0.25) is 5.02 Å². The highest BCUT2D eigenvalue weighted by molar-refractivity contribution is 6.33. The zero-order chi connectivity index (χ0) is 19.7. The summed E-state index contributed by atoms with van der Waals surface area (Å²) >= 11 is 6.13. The highest BCUT2D eigenvalue weighted by atomic mass is 35.5. The van der Waals surface area contributed by atoms with Crippen LogP contribution in [0.4, 0.5) is 10.1 Å². The zero-order valence-corrected chi connectivity index (χ0v) is 17.0. The van der Waals surface area contributed by atoms with Gasteiger partial charge in [0.25, 0.3) is 0 Å². The molecule has 1 aliphatic carbocycles. The van der Waals surface area contributed by atoms with Crippen molar-refractivity contribution in [2.75, 3.05) is 31.1 Å². The first kappa shape index (κ1) is 19.9. The number of benzene rings is 1. The molecule has 0 aromatic heterocycles. The summed E-state index contributed by atoms with van der Waals surface area (Å²) in [4.78, 5) is 16.8. The van der Waals surface area contributed by atoms with Gasteiger partial charge in [-0.05, 0) is 44.2 Å². The molecule has 28 heavy (non-hydrogen) atoms. The summed E-state index contributed by atoms with van der Waals surface area (Å²) in [5, 5.41) is 0.193. The predicted molar refractivity (Wildman–Crippen MR) is 107 cm³/mol. The molecule has 3 aliphatic rings. The Kier molecular flexibility index (Phi) is 6.09. The third-order valence-electron chi connectivity index (χ3n) is 6.34. The van der Waals surface area contributed by atoms with E-state index < -0.39 is 0 Å². The van der Waals surface area contributed by atoms with Crippen molar-refractivity contribution in [3.05, 3.63) is 29.0 Å². The van der Waals surface area contributed by atoms with Crippen LogP contribution in [0.25, 0.3) is 0 Å². The monoisotopic (exact) mass is 410 g/mol. The lowest BCUT2D eigenvalue weighted by Crippen LogP contribution is -2.73. The van der Waals surface area contributed by atoms with Crippen molar-refractivity contribution in [1.82, 2.24) is 4.90 Å². The summed E-state index contributed by atoms with van der Waals surface area (Å²) in [6.07, 6.45) is 6.07. The first-order valence-electron chi connectivity index (χ1n) is 10.5. The van der Waals surface area contributed by atoms with Crippen LogP contribution >= 0.6 is 11.6 Å². The fourth-order valence-electron chi connectivity index (χ4n) is 4.44. The molecule has 1 amide bonds. The van der Waals surface area contributed by atoms with Gasteiger partial charge in [-0.25, -0.2) is 4.39 Å². The molecule has 2 saturated heterocycles. The number of likely N-dealkylation sites (tertiary alicyclic amines) is 1. The molecule has 7 heteroatoms. The minimum absolute atomic E-state index is 0.0949. The molecule has 3 fully saturated rings. The average molecular weight is 411 g/mol. The van der Waals surface area contributed by atoms with E-state index in [1.54, 1.807) is 6.07 Å². The van der Waals surface area contributed by atoms with Crippen molar-refractivity contribution in [3.8, 4) is 0 Å². The van der Waals surface area contributed by atoms with E-state index in [2.05, 4.69) is 10.6 Å². The Bertz CT molecular complexity index is 707. The second-order valence-electron chi connectivity index (χ2n) is 8.37. The molecule has 3 N–H and O–H groups in total. The molecule has 4 rings (SSSR count). The van der Waals surface area contributed by atoms with E-state index in [0.717, 1.165) is 63.8 Å². The van der Waals surface area contributed by atoms with Crippen LogP contribution < -0.4 is 10.6 Å². The topological polar surface area (TPSA) is 60.4 Å². The van der Waals surface area contributed by atoms with Crippen molar-refractivity contribution in [2.24, 2.45) is 5.92 Å². The molecule has 1 aromatic rings. The van der Waals surface area contributed by atoms with Crippen LogP contribution in [0.15, 0.2) is 18.2 Å². The molecule has 154 valence electrons. The Labute approximate surface area is 170 Å². The number of ether oxygens (including phenoxy) is 1. The van der Waals surface area contributed by atoms with Crippen molar-refractivity contribution in [1.29, 1.82) is 0 Å². The van der Waals surface area contributed by atoms with E-state index in [1.807, 2.05) is 11.0 Å². The fraction of sp³-hybridized carbons (Fsp3) is 0.667. The van der Waals surface area contributed by atoms with E-state index in [9.17, 15) is 9.18 Å². The molecule has 2 atom stereocenters. The number of quaternary nitrogens is 1. The molecule has 5 nitrogen and oxygen atoms in total. The lowest BCUT2D eigenvalue weighted by molar-refractivity contribution is -0.438. The number of hydrogen-bond donors (Lipinski definition) is 1. The number of carbonyl (C=O) groups is 1. The number of amides is 1. The predicted octanol–water partition coefficient (Wildman–Crippen LogP) is 2.48. The van der Waals surface area contributed by atoms with Gasteiger partial charge >= 0.3 is 0 Å². The molecular formula is C21H30ClFN3O2+. The number of anilines is 1. The lowest BCUT2D eigenvalue weighted by Gasteiger charge is -2.39. The van der Waals surface area contributed by atoms with Gasteiger partial charge < -0.3 is 20.3 Å². The average Bonchev–Trinajstić information content (AvgIpc) is 3.54. The molecule has 1 aromatic carbocycles. The number of halogens is 2. The second kappa shape index (κ2) is 8.56. The van der Waals surface area contributed by atoms with Crippen LogP contribution in [0, 0.1) is 11.7 Å². The quantitative estimate of drug-likeness (QED) is 0.811. The normalized spacial score (nSPS) is 26.5. The van der Waals surface area contributed by atoms with Gasteiger partial charge in [0.15, 0.2) is 0 Å². The van der Waals surface area contributed by atoms with Crippen molar-refractivity contribution >= 4 is 23.2 Å². The van der Waals surface area contributed by atoms with Gasteiger partial charge in [-0.2, -0.15) is 0 Å². The third kappa shape index (κ3) is 4.29. The summed E-state index contributed by atoms with van der Waals surface area (Å²) in [6, 6.07) is 5.28. The smallest absolute Gasteiger partial charge is 0.226 e. The Hall–Kier alpha value is -1.37. The summed E-state index contributed by atoms with van der Waals surface area (Å²) in [5.41, 5.74) is 5.05. The molecule has 2 aliphatic heterocycles. The Morgan fingerprint density at radius 3 is 2.64 bits per heavy atom. The number of hydrogen-bond acceptors (Lipinski definition) is 3. The number of piperidine rings is 2. The molecular weight excluding hydrogens is 381 g/mol. The maximum Gasteiger partial charge on any atom is 0.226 e. The standard InChI is InChI=1S/C21H29ClFN3O2/c22-20-16(23)3-1-5-18(20)25-11-8-15(9-12-25)28-13-19-17(24)4-2-10-26(19)21(27)14-6-7-14/h1,3,5,14-15,17,19H,2,4,6-13,24H2/p+1. The molecule has 2 heterocycles. The summed E-state index contributed by atoms with van der Waals surface area (Å²) in [7, 11) is 0. The minimum atomic E-state index is -0.378. The van der Waals surface area contributed by atoms with Crippen LogP contribution in [0.5, 0.6) is 0 Å². The number of carbonyl (C=O) groups excluding carboxylic acids is 1. The van der Waals surface area contributed by atoms with Gasteiger partial charge in [-0.1, -0.05) is 17.7 Å². The molecule has 0 bridgehead atoms. The van der Waals surface area contributed by atoms with Crippen LogP contribution in [-0.2, 0) is 9.53 Å². The summed E-state index contributed by atoms with van der Waals surface area (Å²) in [5.74, 6) is 0.168. The maximum absolute atomic E-state index is 13.7. The van der Waals surface area contributed by atoms with E-state index in [1.165, 1.54) is 6.07 Å². The molecule has 1 saturated carbocycles. The van der Waals surface area contributed by atoms with Gasteiger partial charge in [0.1, 0.15) is 17.9 Å². The van der Waals surface area contributed by atoms with E-state index in [0.29, 0.717) is 12.5 Å². The van der Waals surface area contributed by atoms with Crippen LogP contribution in [0.1, 0.15) is 38.5 Å². The van der Waals surface area contributed by atoms with Gasteiger partial charge in [-0.15, -0.1) is 0 Å². The fourth-order valence-corrected chi connectivity index (χ4v) is 4.68. The third-order valence-corrected chi connectivity index (χ3v) is 6.72. The van der Waals surface area contributed by atoms with Gasteiger partial charge in [-0.3, -0.25) is 4.79 Å². The van der Waals surface area contributed by atoms with Gasteiger partial charge in [0.05, 0.1) is 23.4 Å². The van der Waals surface area contributed by atoms with Gasteiger partial charge in [0.2, 0.25) is 5.91 Å². The Balaban J connectivity index is 1.30. The number of rotatable bonds is 5. The molecule has 2 unspecified atom stereocenters. The number of nitrogens with zero attached hydrogens (tertiary/aromatic N) is 2. The Morgan fingerprint density at radius 2 is 1.93 bits per heavy atom. The van der Waals surface area contributed by atoms with E-state index in [4.69, 9.17) is 16.3 Å². The van der Waals surface area contributed by atoms with E-state index in [-0.39, 0.29) is 34.9 Å². The summed E-state index contributed by atoms with van der Waals surface area (Å²) < 4.78 is 20.0. The van der Waals surface area contributed by atoms with Crippen molar-refractivity contribution in [3.63, 3.8) is 0 Å². The van der Waals surface area contributed by atoms with Crippen molar-refractivity contribution < 1.29 is 19.7 Å². The largest absolute Gasteiger partial charge is 0.376 e. The first-order chi connectivity index (χ1) is 13.5. The Morgan fingerprint density at radius 1 is 1.18 bits per heavy atom. The second-order valence-corrected chi connectivity index (χ2v) is 8.75. The van der Waals surface area contributed by atoms with Crippen LogP contribution in [-0.4, -0.2) is 55.2 Å². The first-order valence-corrected chi connectivity index (χ1v) is 10.9. The van der Waals surface area contributed by atoms with E-state index >= 15 is 0 Å². The van der Waals surface area contributed by atoms with Crippen molar-refractivity contribution in [2.45, 2.75) is 56.7 Å². The minimum Gasteiger partial charge on any atom is -0.376 e.